The van der Waals surface area contributed by atoms with Gasteiger partial charge in [0.05, 0.1) is 6.42 Å². The standard InChI is InChI=1S/C21H25N3O.ClH/c22-21(25)12-14-8-10-16(11-9-14)23-20-13-19(15-4-1-2-5-15)24-18-7-3-6-17(18)20;/h8-11,13,15H,1-7,12H2,(H2,22,25)(H,23,24);1H. The number of amides is 1. The molecule has 0 spiro atoms. The molecule has 0 bridgehead atoms. The van der Waals surface area contributed by atoms with Crippen molar-refractivity contribution >= 4 is 29.7 Å². The van der Waals surface area contributed by atoms with Gasteiger partial charge in [-0.1, -0.05) is 25.0 Å². The van der Waals surface area contributed by atoms with Crippen LogP contribution in [0.3, 0.4) is 0 Å². The Morgan fingerprint density at radius 3 is 2.54 bits per heavy atom. The summed E-state index contributed by atoms with van der Waals surface area (Å²) in [5, 5.41) is 3.59. The SMILES string of the molecule is Cl.NC(=O)Cc1ccc(Nc2cc(C3CCCC3)nc3c2CCC3)cc1. The van der Waals surface area contributed by atoms with Gasteiger partial charge in [0.25, 0.3) is 0 Å². The van der Waals surface area contributed by atoms with Gasteiger partial charge < -0.3 is 11.1 Å². The number of nitrogens with zero attached hydrogens (tertiary/aromatic N) is 1. The van der Waals surface area contributed by atoms with Crippen LogP contribution in [0, 0.1) is 0 Å². The predicted octanol–water partition coefficient (Wildman–Crippen LogP) is 4.42. The molecule has 26 heavy (non-hydrogen) atoms. The predicted molar refractivity (Wildman–Crippen MR) is 107 cm³/mol. The highest BCUT2D eigenvalue weighted by Gasteiger charge is 2.23. The van der Waals surface area contributed by atoms with Crippen molar-refractivity contribution < 1.29 is 4.79 Å². The number of halogens is 1. The van der Waals surface area contributed by atoms with E-state index in [1.165, 1.54) is 54.7 Å². The van der Waals surface area contributed by atoms with E-state index in [9.17, 15) is 4.79 Å². The number of anilines is 2. The van der Waals surface area contributed by atoms with E-state index in [4.69, 9.17) is 10.7 Å². The first-order valence-electron chi connectivity index (χ1n) is 9.36. The molecule has 0 atom stereocenters. The minimum atomic E-state index is -0.297. The molecule has 1 saturated carbocycles. The molecule has 1 aromatic carbocycles. The Labute approximate surface area is 161 Å². The lowest BCUT2D eigenvalue weighted by Crippen LogP contribution is -2.13. The maximum absolute atomic E-state index is 11.0. The number of nitrogens with two attached hydrogens (primary N) is 1. The number of nitrogens with one attached hydrogen (secondary N) is 1. The Balaban J connectivity index is 0.00000196. The summed E-state index contributed by atoms with van der Waals surface area (Å²) >= 11 is 0. The summed E-state index contributed by atoms with van der Waals surface area (Å²) in [6.07, 6.45) is 8.89. The molecule has 5 heteroatoms. The normalized spacial score (nSPS) is 16.2. The largest absolute Gasteiger partial charge is 0.369 e. The monoisotopic (exact) mass is 371 g/mol. The fourth-order valence-electron chi connectivity index (χ4n) is 4.17. The zero-order valence-corrected chi connectivity index (χ0v) is 15.8. The lowest BCUT2D eigenvalue weighted by Gasteiger charge is -2.16. The highest BCUT2D eigenvalue weighted by molar-refractivity contribution is 5.85. The van der Waals surface area contributed by atoms with E-state index in [2.05, 4.69) is 11.4 Å². The van der Waals surface area contributed by atoms with Crippen LogP contribution in [0.4, 0.5) is 11.4 Å². The Morgan fingerprint density at radius 1 is 1.12 bits per heavy atom. The number of hydrogen-bond donors (Lipinski definition) is 2. The second-order valence-corrected chi connectivity index (χ2v) is 7.32. The fraction of sp³-hybridized carbons (Fsp3) is 0.429. The summed E-state index contributed by atoms with van der Waals surface area (Å²) in [7, 11) is 0. The van der Waals surface area contributed by atoms with Crippen LogP contribution in [0.2, 0.25) is 0 Å². The number of pyridine rings is 1. The van der Waals surface area contributed by atoms with Gasteiger partial charge in [-0.2, -0.15) is 0 Å². The first kappa shape index (κ1) is 18.7. The minimum absolute atomic E-state index is 0. The molecule has 4 rings (SSSR count). The van der Waals surface area contributed by atoms with Crippen molar-refractivity contribution in [2.75, 3.05) is 5.32 Å². The first-order chi connectivity index (χ1) is 12.2. The second-order valence-electron chi connectivity index (χ2n) is 7.32. The molecule has 138 valence electrons. The van der Waals surface area contributed by atoms with Gasteiger partial charge in [-0.15, -0.1) is 12.4 Å². The van der Waals surface area contributed by atoms with Gasteiger partial charge in [0.15, 0.2) is 0 Å². The van der Waals surface area contributed by atoms with E-state index in [1.807, 2.05) is 24.3 Å². The van der Waals surface area contributed by atoms with Gasteiger partial charge in [0.2, 0.25) is 5.91 Å². The van der Waals surface area contributed by atoms with Crippen molar-refractivity contribution in [2.45, 2.75) is 57.3 Å². The topological polar surface area (TPSA) is 68.0 Å². The molecule has 0 unspecified atom stereocenters. The lowest BCUT2D eigenvalue weighted by molar-refractivity contribution is -0.117. The van der Waals surface area contributed by atoms with E-state index in [-0.39, 0.29) is 24.7 Å². The van der Waals surface area contributed by atoms with E-state index >= 15 is 0 Å². The molecular formula is C21H26ClN3O. The van der Waals surface area contributed by atoms with Gasteiger partial charge in [0, 0.05) is 28.7 Å². The molecule has 1 aromatic heterocycles. The number of fused-ring (bicyclic) bond motifs is 1. The van der Waals surface area contributed by atoms with Crippen molar-refractivity contribution in [1.82, 2.24) is 4.98 Å². The molecule has 1 heterocycles. The molecule has 1 amide bonds. The third-order valence-electron chi connectivity index (χ3n) is 5.45. The molecule has 1 fully saturated rings. The van der Waals surface area contributed by atoms with Crippen molar-refractivity contribution in [3.63, 3.8) is 0 Å². The molecule has 2 aliphatic rings. The van der Waals surface area contributed by atoms with Crippen molar-refractivity contribution in [1.29, 1.82) is 0 Å². The number of rotatable bonds is 5. The summed E-state index contributed by atoms with van der Waals surface area (Å²) in [6.45, 7) is 0. The maximum atomic E-state index is 11.0. The van der Waals surface area contributed by atoms with Crippen LogP contribution in [0.25, 0.3) is 0 Å². The summed E-state index contributed by atoms with van der Waals surface area (Å²) in [5.41, 5.74) is 12.4. The van der Waals surface area contributed by atoms with E-state index < -0.39 is 0 Å². The van der Waals surface area contributed by atoms with Crippen molar-refractivity contribution in [2.24, 2.45) is 5.73 Å². The fourth-order valence-corrected chi connectivity index (χ4v) is 4.17. The number of carbonyl (C=O) groups is 1. The molecule has 2 aliphatic carbocycles. The number of aromatic nitrogens is 1. The highest BCUT2D eigenvalue weighted by atomic mass is 35.5. The lowest BCUT2D eigenvalue weighted by atomic mass is 10.0. The average Bonchev–Trinajstić information content (AvgIpc) is 3.27. The van der Waals surface area contributed by atoms with Gasteiger partial charge >= 0.3 is 0 Å². The zero-order chi connectivity index (χ0) is 17.2. The van der Waals surface area contributed by atoms with Gasteiger partial charge in [-0.25, -0.2) is 0 Å². The number of aryl methyl sites for hydroxylation is 1. The molecule has 2 aromatic rings. The number of hydrogen-bond acceptors (Lipinski definition) is 3. The Bertz CT molecular complexity index is 783. The highest BCUT2D eigenvalue weighted by Crippen LogP contribution is 2.38. The van der Waals surface area contributed by atoms with Gasteiger partial charge in [-0.3, -0.25) is 9.78 Å². The van der Waals surface area contributed by atoms with Crippen molar-refractivity contribution in [3.05, 3.63) is 52.8 Å². The Hall–Kier alpha value is -2.07. The first-order valence-corrected chi connectivity index (χ1v) is 9.36. The van der Waals surface area contributed by atoms with Gasteiger partial charge in [0.1, 0.15) is 0 Å². The number of benzene rings is 1. The second kappa shape index (κ2) is 8.09. The molecule has 0 saturated heterocycles. The van der Waals surface area contributed by atoms with E-state index in [0.29, 0.717) is 5.92 Å². The van der Waals surface area contributed by atoms with Gasteiger partial charge in [-0.05, 0) is 61.4 Å². The Morgan fingerprint density at radius 2 is 1.85 bits per heavy atom. The molecule has 0 radical (unpaired) electrons. The number of primary amides is 1. The average molecular weight is 372 g/mol. The van der Waals surface area contributed by atoms with Crippen LogP contribution in [-0.2, 0) is 24.1 Å². The van der Waals surface area contributed by atoms with Crippen LogP contribution in [0.15, 0.2) is 30.3 Å². The van der Waals surface area contributed by atoms with Crippen LogP contribution < -0.4 is 11.1 Å². The maximum Gasteiger partial charge on any atom is 0.221 e. The number of carbonyl (C=O) groups excluding carboxylic acids is 1. The summed E-state index contributed by atoms with van der Waals surface area (Å²) in [5.74, 6) is 0.332. The van der Waals surface area contributed by atoms with Crippen LogP contribution >= 0.6 is 12.4 Å². The van der Waals surface area contributed by atoms with Crippen LogP contribution in [0.5, 0.6) is 0 Å². The molecule has 4 nitrogen and oxygen atoms in total. The minimum Gasteiger partial charge on any atom is -0.369 e. The third kappa shape index (κ3) is 4.01. The van der Waals surface area contributed by atoms with E-state index in [1.54, 1.807) is 0 Å². The molecular weight excluding hydrogens is 346 g/mol. The zero-order valence-electron chi connectivity index (χ0n) is 15.0. The molecule has 0 aliphatic heterocycles. The summed E-state index contributed by atoms with van der Waals surface area (Å²) in [6, 6.07) is 10.3. The summed E-state index contributed by atoms with van der Waals surface area (Å²) in [4.78, 5) is 16.0. The Kier molecular flexibility index (Phi) is 5.82. The quantitative estimate of drug-likeness (QED) is 0.817. The van der Waals surface area contributed by atoms with Crippen LogP contribution in [0.1, 0.15) is 60.5 Å². The van der Waals surface area contributed by atoms with E-state index in [0.717, 1.165) is 24.1 Å². The molecule has 3 N–H and O–H groups in total. The van der Waals surface area contributed by atoms with Crippen LogP contribution in [-0.4, -0.2) is 10.9 Å². The van der Waals surface area contributed by atoms with Crippen molar-refractivity contribution in [3.8, 4) is 0 Å². The summed E-state index contributed by atoms with van der Waals surface area (Å²) < 4.78 is 0. The third-order valence-corrected chi connectivity index (χ3v) is 5.45. The smallest absolute Gasteiger partial charge is 0.221 e.